The standard InChI is InChI=1S/C30H33N3O4S/c1-4-36-29(35)26-27(21-9-6-5-7-10-21)32-30-33(28(26)24-13-12-19(2)15-20(24)3)22(18-38-30)16-25(34)31-17-23-11-8-14-37-23/h5-7,9-10,12-13,15,18,23,28H,4,8,11,14,16-17H2,1-3H3,(H,31,34)/t23-,28+/m0/s1. The van der Waals surface area contributed by atoms with Gasteiger partial charge < -0.3 is 19.7 Å². The average Bonchev–Trinajstić information content (AvgIpc) is 3.57. The number of aryl methyl sites for hydroxylation is 2. The molecule has 0 spiro atoms. The molecular formula is C30H33N3O4S. The van der Waals surface area contributed by atoms with Crippen molar-refractivity contribution in [2.24, 2.45) is 4.99 Å². The molecule has 2 atom stereocenters. The fourth-order valence-corrected chi connectivity index (χ4v) is 6.09. The molecule has 7 nitrogen and oxygen atoms in total. The van der Waals surface area contributed by atoms with Gasteiger partial charge in [-0.1, -0.05) is 65.9 Å². The summed E-state index contributed by atoms with van der Waals surface area (Å²) in [5, 5.41) is 5.73. The van der Waals surface area contributed by atoms with Crippen LogP contribution in [0.5, 0.6) is 0 Å². The highest BCUT2D eigenvalue weighted by atomic mass is 32.2. The van der Waals surface area contributed by atoms with Crippen LogP contribution in [0.25, 0.3) is 5.70 Å². The predicted octanol–water partition coefficient (Wildman–Crippen LogP) is 5.26. The van der Waals surface area contributed by atoms with Gasteiger partial charge in [0.15, 0.2) is 5.17 Å². The number of thioether (sulfide) groups is 1. The molecule has 3 aliphatic heterocycles. The molecule has 1 fully saturated rings. The number of esters is 1. The minimum absolute atomic E-state index is 0.0766. The molecule has 2 aromatic rings. The van der Waals surface area contributed by atoms with Crippen LogP contribution in [0.1, 0.15) is 54.5 Å². The number of benzene rings is 2. The SMILES string of the molecule is CCOC(=O)C1=C(c2ccccc2)N=C2SC=C(CC(=O)NC[C@@H]3CCCO3)N2[C@@H]1c1ccc(C)cc1C. The summed E-state index contributed by atoms with van der Waals surface area (Å²) in [6.07, 6.45) is 2.25. The van der Waals surface area contributed by atoms with E-state index in [1.54, 1.807) is 6.92 Å². The third-order valence-electron chi connectivity index (χ3n) is 6.97. The lowest BCUT2D eigenvalue weighted by molar-refractivity contribution is -0.139. The molecule has 3 aliphatic rings. The normalized spacial score (nSPS) is 20.7. The Morgan fingerprint density at radius 1 is 1.18 bits per heavy atom. The average molecular weight is 532 g/mol. The summed E-state index contributed by atoms with van der Waals surface area (Å²) in [7, 11) is 0. The lowest BCUT2D eigenvalue weighted by Gasteiger charge is -2.37. The van der Waals surface area contributed by atoms with Crippen molar-refractivity contribution in [2.45, 2.75) is 52.2 Å². The summed E-state index contributed by atoms with van der Waals surface area (Å²) in [5.41, 5.74) is 5.91. The molecule has 0 aliphatic carbocycles. The topological polar surface area (TPSA) is 80.2 Å². The molecule has 0 unspecified atom stereocenters. The van der Waals surface area contributed by atoms with Gasteiger partial charge in [0.25, 0.3) is 0 Å². The van der Waals surface area contributed by atoms with E-state index in [9.17, 15) is 9.59 Å². The van der Waals surface area contributed by atoms with Gasteiger partial charge in [-0.25, -0.2) is 9.79 Å². The van der Waals surface area contributed by atoms with Crippen molar-refractivity contribution >= 4 is 34.5 Å². The fraction of sp³-hybridized carbons (Fsp3) is 0.367. The van der Waals surface area contributed by atoms with Crippen LogP contribution < -0.4 is 5.32 Å². The van der Waals surface area contributed by atoms with Crippen LogP contribution in [0.15, 0.2) is 70.2 Å². The summed E-state index contributed by atoms with van der Waals surface area (Å²) in [6, 6.07) is 15.5. The zero-order valence-corrected chi connectivity index (χ0v) is 22.8. The number of carbonyl (C=O) groups excluding carboxylic acids is 2. The third-order valence-corrected chi connectivity index (χ3v) is 7.85. The molecule has 38 heavy (non-hydrogen) atoms. The van der Waals surface area contributed by atoms with E-state index >= 15 is 0 Å². The van der Waals surface area contributed by atoms with Gasteiger partial charge in [-0.05, 0) is 50.1 Å². The lowest BCUT2D eigenvalue weighted by atomic mass is 9.88. The Hall–Kier alpha value is -3.36. The van der Waals surface area contributed by atoms with Gasteiger partial charge in [-0.2, -0.15) is 0 Å². The maximum atomic E-state index is 13.6. The summed E-state index contributed by atoms with van der Waals surface area (Å²) in [6.45, 7) is 7.42. The molecule has 8 heteroatoms. The van der Waals surface area contributed by atoms with E-state index in [1.807, 2.05) is 40.6 Å². The van der Waals surface area contributed by atoms with Gasteiger partial charge in [0.1, 0.15) is 0 Å². The number of amides is 1. The zero-order chi connectivity index (χ0) is 26.6. The number of amidine groups is 1. The molecule has 1 amide bonds. The van der Waals surface area contributed by atoms with Crippen LogP contribution in [0, 0.1) is 13.8 Å². The first-order valence-electron chi connectivity index (χ1n) is 13.1. The number of nitrogens with one attached hydrogen (secondary N) is 1. The molecule has 2 aromatic carbocycles. The maximum absolute atomic E-state index is 13.6. The summed E-state index contributed by atoms with van der Waals surface area (Å²) in [5.74, 6) is -0.485. The van der Waals surface area contributed by atoms with Gasteiger partial charge >= 0.3 is 5.97 Å². The van der Waals surface area contributed by atoms with E-state index in [2.05, 4.69) is 37.4 Å². The zero-order valence-electron chi connectivity index (χ0n) is 22.0. The number of rotatable bonds is 8. The van der Waals surface area contributed by atoms with E-state index in [0.29, 0.717) is 17.8 Å². The van der Waals surface area contributed by atoms with Crippen molar-refractivity contribution in [3.8, 4) is 0 Å². The van der Waals surface area contributed by atoms with Crippen molar-refractivity contribution < 1.29 is 19.1 Å². The number of carbonyl (C=O) groups is 2. The van der Waals surface area contributed by atoms with Gasteiger partial charge in [0.2, 0.25) is 5.91 Å². The first-order chi connectivity index (χ1) is 18.5. The number of ether oxygens (including phenoxy) is 2. The smallest absolute Gasteiger partial charge is 0.338 e. The fourth-order valence-electron chi connectivity index (χ4n) is 5.18. The molecule has 0 bridgehead atoms. The van der Waals surface area contributed by atoms with Crippen LogP contribution in [-0.4, -0.2) is 47.8 Å². The van der Waals surface area contributed by atoms with Crippen LogP contribution in [0.2, 0.25) is 0 Å². The first-order valence-corrected chi connectivity index (χ1v) is 14.0. The third kappa shape index (κ3) is 5.42. The Bertz CT molecular complexity index is 1310. The number of aliphatic imine (C=N–C) groups is 1. The Morgan fingerprint density at radius 2 is 2.00 bits per heavy atom. The minimum atomic E-state index is -0.482. The number of hydrogen-bond acceptors (Lipinski definition) is 7. The second-order valence-corrected chi connectivity index (χ2v) is 10.6. The molecular weight excluding hydrogens is 498 g/mol. The monoisotopic (exact) mass is 531 g/mol. The van der Waals surface area contributed by atoms with Gasteiger partial charge in [0.05, 0.1) is 36.4 Å². The highest BCUT2D eigenvalue weighted by molar-refractivity contribution is 8.16. The second-order valence-electron chi connectivity index (χ2n) is 9.72. The highest BCUT2D eigenvalue weighted by Gasteiger charge is 2.42. The summed E-state index contributed by atoms with van der Waals surface area (Å²) in [4.78, 5) is 33.6. The molecule has 198 valence electrons. The number of nitrogens with zero attached hydrogens (tertiary/aromatic N) is 2. The van der Waals surface area contributed by atoms with Crippen molar-refractivity contribution in [3.05, 3.63) is 87.5 Å². The van der Waals surface area contributed by atoms with Gasteiger partial charge in [-0.3, -0.25) is 4.79 Å². The van der Waals surface area contributed by atoms with Crippen molar-refractivity contribution in [1.29, 1.82) is 0 Å². The molecule has 1 saturated heterocycles. The summed E-state index contributed by atoms with van der Waals surface area (Å²) >= 11 is 1.48. The lowest BCUT2D eigenvalue weighted by Crippen LogP contribution is -2.39. The Balaban J connectivity index is 1.55. The Labute approximate surface area is 228 Å². The molecule has 5 rings (SSSR count). The van der Waals surface area contributed by atoms with Gasteiger partial charge in [-0.15, -0.1) is 0 Å². The van der Waals surface area contributed by atoms with E-state index in [1.165, 1.54) is 11.8 Å². The van der Waals surface area contributed by atoms with Gasteiger partial charge in [0, 0.05) is 24.4 Å². The second kappa shape index (κ2) is 11.6. The van der Waals surface area contributed by atoms with Crippen molar-refractivity contribution in [3.63, 3.8) is 0 Å². The quantitative estimate of drug-likeness (QED) is 0.468. The van der Waals surface area contributed by atoms with Crippen LogP contribution in [0.3, 0.4) is 0 Å². The molecule has 3 heterocycles. The highest BCUT2D eigenvalue weighted by Crippen LogP contribution is 2.47. The van der Waals surface area contributed by atoms with E-state index in [4.69, 9.17) is 14.5 Å². The van der Waals surface area contributed by atoms with Crippen LogP contribution >= 0.6 is 11.8 Å². The molecule has 0 aromatic heterocycles. The molecule has 0 saturated carbocycles. The van der Waals surface area contributed by atoms with Crippen molar-refractivity contribution in [2.75, 3.05) is 19.8 Å². The Kier molecular flexibility index (Phi) is 8.00. The Morgan fingerprint density at radius 3 is 2.71 bits per heavy atom. The maximum Gasteiger partial charge on any atom is 0.338 e. The summed E-state index contributed by atoms with van der Waals surface area (Å²) < 4.78 is 11.3. The van der Waals surface area contributed by atoms with E-state index < -0.39 is 12.0 Å². The molecule has 1 N–H and O–H groups in total. The number of hydrogen-bond donors (Lipinski definition) is 1. The largest absolute Gasteiger partial charge is 0.463 e. The van der Waals surface area contributed by atoms with E-state index in [-0.39, 0.29) is 25.0 Å². The van der Waals surface area contributed by atoms with E-state index in [0.717, 1.165) is 52.6 Å². The van der Waals surface area contributed by atoms with Crippen molar-refractivity contribution in [1.82, 2.24) is 10.2 Å². The predicted molar refractivity (Wildman–Crippen MR) is 150 cm³/mol. The minimum Gasteiger partial charge on any atom is -0.463 e. The van der Waals surface area contributed by atoms with Crippen LogP contribution in [0.4, 0.5) is 0 Å². The molecule has 0 radical (unpaired) electrons. The first kappa shape index (κ1) is 26.3. The number of fused-ring (bicyclic) bond motifs is 1. The van der Waals surface area contributed by atoms with Crippen LogP contribution in [-0.2, 0) is 19.1 Å².